The number of rotatable bonds is 7. The first-order valence-corrected chi connectivity index (χ1v) is 11.9. The zero-order chi connectivity index (χ0) is 23.2. The molecule has 0 saturated heterocycles. The smallest absolute Gasteiger partial charge is 0.197 e. The SMILES string of the molecule is CC(C)Oc1ccc2c3c(oc2c1)C(C)(C)c1cc(OCC(O)[C@H](I)CO)ccc1C3=O. The van der Waals surface area contributed by atoms with E-state index in [2.05, 4.69) is 0 Å². The van der Waals surface area contributed by atoms with Gasteiger partial charge in [0.1, 0.15) is 35.6 Å². The molecule has 170 valence electrons. The lowest BCUT2D eigenvalue weighted by Gasteiger charge is -2.31. The summed E-state index contributed by atoms with van der Waals surface area (Å²) >= 11 is 1.99. The molecule has 0 saturated carbocycles. The van der Waals surface area contributed by atoms with E-state index in [4.69, 9.17) is 13.9 Å². The second kappa shape index (κ2) is 8.68. The number of hydrogen-bond acceptors (Lipinski definition) is 6. The van der Waals surface area contributed by atoms with E-state index in [0.29, 0.717) is 34.0 Å². The zero-order valence-electron chi connectivity index (χ0n) is 18.5. The maximum atomic E-state index is 13.4. The largest absolute Gasteiger partial charge is 0.491 e. The summed E-state index contributed by atoms with van der Waals surface area (Å²) in [4.78, 5) is 13.4. The number of hydrogen-bond donors (Lipinski definition) is 2. The molecule has 0 amide bonds. The third-order valence-corrected chi connectivity index (χ3v) is 6.97. The van der Waals surface area contributed by atoms with Crippen LogP contribution in [0.1, 0.15) is 54.9 Å². The molecule has 1 aliphatic carbocycles. The fourth-order valence-corrected chi connectivity index (χ4v) is 4.29. The predicted octanol–water partition coefficient (Wildman–Crippen LogP) is 4.63. The zero-order valence-corrected chi connectivity index (χ0v) is 20.7. The number of halogens is 1. The van der Waals surface area contributed by atoms with E-state index in [9.17, 15) is 15.0 Å². The van der Waals surface area contributed by atoms with E-state index < -0.39 is 11.5 Å². The summed E-state index contributed by atoms with van der Waals surface area (Å²) in [5, 5.41) is 20.0. The molecule has 2 N–H and O–H groups in total. The highest BCUT2D eigenvalue weighted by Gasteiger charge is 2.41. The lowest BCUT2D eigenvalue weighted by Crippen LogP contribution is -2.31. The van der Waals surface area contributed by atoms with Crippen LogP contribution in [0.2, 0.25) is 0 Å². The van der Waals surface area contributed by atoms with Gasteiger partial charge in [-0.3, -0.25) is 4.79 Å². The Morgan fingerprint density at radius 1 is 1.12 bits per heavy atom. The van der Waals surface area contributed by atoms with Crippen LogP contribution in [0.5, 0.6) is 11.5 Å². The van der Waals surface area contributed by atoms with Gasteiger partial charge >= 0.3 is 0 Å². The first kappa shape index (κ1) is 23.1. The number of aliphatic hydroxyl groups excluding tert-OH is 2. The van der Waals surface area contributed by atoms with Crippen molar-refractivity contribution in [2.24, 2.45) is 0 Å². The summed E-state index contributed by atoms with van der Waals surface area (Å²) in [6.07, 6.45) is -0.758. The number of fused-ring (bicyclic) bond motifs is 4. The second-order valence-electron chi connectivity index (χ2n) is 8.87. The molecular formula is C25H27IO6. The van der Waals surface area contributed by atoms with Gasteiger partial charge in [0.2, 0.25) is 0 Å². The quantitative estimate of drug-likeness (QED) is 0.330. The summed E-state index contributed by atoms with van der Waals surface area (Å²) in [5.41, 5.74) is 2.08. The van der Waals surface area contributed by atoms with Crippen LogP contribution in [0.3, 0.4) is 0 Å². The van der Waals surface area contributed by atoms with Gasteiger partial charge in [-0.05, 0) is 63.6 Å². The van der Waals surface area contributed by atoms with Crippen LogP contribution in [-0.4, -0.2) is 45.3 Å². The van der Waals surface area contributed by atoms with Gasteiger partial charge in [-0.2, -0.15) is 0 Å². The van der Waals surface area contributed by atoms with Gasteiger partial charge in [0.05, 0.1) is 22.2 Å². The minimum atomic E-state index is -0.796. The van der Waals surface area contributed by atoms with Crippen LogP contribution in [0.4, 0.5) is 0 Å². The Labute approximate surface area is 200 Å². The third-order valence-electron chi connectivity index (χ3n) is 5.75. The van der Waals surface area contributed by atoms with Crippen LogP contribution in [0, 0.1) is 0 Å². The molecule has 0 radical (unpaired) electrons. The highest BCUT2D eigenvalue weighted by molar-refractivity contribution is 14.1. The number of ether oxygens (including phenoxy) is 2. The predicted molar refractivity (Wildman–Crippen MR) is 130 cm³/mol. The molecule has 6 nitrogen and oxygen atoms in total. The van der Waals surface area contributed by atoms with Crippen molar-refractivity contribution in [3.05, 3.63) is 58.8 Å². The highest BCUT2D eigenvalue weighted by Crippen LogP contribution is 2.46. The Hall–Kier alpha value is -2.10. The maximum Gasteiger partial charge on any atom is 0.197 e. The van der Waals surface area contributed by atoms with Crippen molar-refractivity contribution < 1.29 is 28.9 Å². The molecule has 3 aromatic rings. The third kappa shape index (κ3) is 4.02. The Bertz CT molecular complexity index is 1160. The molecule has 2 atom stereocenters. The Balaban J connectivity index is 1.72. The monoisotopic (exact) mass is 550 g/mol. The molecule has 1 aliphatic rings. The van der Waals surface area contributed by atoms with E-state index >= 15 is 0 Å². The van der Waals surface area contributed by atoms with Gasteiger partial charge < -0.3 is 24.1 Å². The number of carbonyl (C=O) groups excluding carboxylic acids is 1. The van der Waals surface area contributed by atoms with E-state index in [0.717, 1.165) is 10.9 Å². The van der Waals surface area contributed by atoms with Crippen molar-refractivity contribution in [1.82, 2.24) is 0 Å². The fourth-order valence-electron chi connectivity index (χ4n) is 4.08. The van der Waals surface area contributed by atoms with Crippen molar-refractivity contribution in [3.63, 3.8) is 0 Å². The van der Waals surface area contributed by atoms with Crippen LogP contribution >= 0.6 is 22.6 Å². The molecule has 1 aromatic heterocycles. The van der Waals surface area contributed by atoms with Gasteiger partial charge in [0, 0.05) is 22.4 Å². The molecule has 4 rings (SSSR count). The molecule has 0 fully saturated rings. The van der Waals surface area contributed by atoms with Crippen molar-refractivity contribution in [2.45, 2.75) is 49.2 Å². The number of alkyl halides is 1. The topological polar surface area (TPSA) is 89.1 Å². The van der Waals surface area contributed by atoms with Crippen molar-refractivity contribution >= 4 is 39.3 Å². The molecule has 1 unspecified atom stereocenters. The Morgan fingerprint density at radius 3 is 2.53 bits per heavy atom. The van der Waals surface area contributed by atoms with E-state index in [-0.39, 0.29) is 29.0 Å². The molecular weight excluding hydrogens is 523 g/mol. The van der Waals surface area contributed by atoms with Gasteiger partial charge in [-0.1, -0.05) is 22.6 Å². The molecule has 0 aliphatic heterocycles. The minimum absolute atomic E-state index is 0.0381. The van der Waals surface area contributed by atoms with Gasteiger partial charge in [0.25, 0.3) is 0 Å². The lowest BCUT2D eigenvalue weighted by atomic mass is 9.71. The van der Waals surface area contributed by atoms with Crippen LogP contribution in [-0.2, 0) is 5.41 Å². The Kier molecular flexibility index (Phi) is 6.26. The lowest BCUT2D eigenvalue weighted by molar-refractivity contribution is 0.0921. The van der Waals surface area contributed by atoms with Crippen molar-refractivity contribution in [2.75, 3.05) is 13.2 Å². The molecule has 32 heavy (non-hydrogen) atoms. The normalized spacial score (nSPS) is 16.6. The Morgan fingerprint density at radius 2 is 1.84 bits per heavy atom. The molecule has 1 heterocycles. The van der Waals surface area contributed by atoms with Crippen LogP contribution < -0.4 is 9.47 Å². The first-order valence-electron chi connectivity index (χ1n) is 10.6. The maximum absolute atomic E-state index is 13.4. The number of ketones is 1. The standard InChI is InChI=1S/C25H27IO6/c1-13(2)31-15-6-8-17-21(10-15)32-24-22(17)23(29)16-7-5-14(9-18(16)25(24,3)4)30-12-20(28)19(26)11-27/h5-10,13,19-20,27-28H,11-12H2,1-4H3/t19-,20?/m1/s1. The van der Waals surface area contributed by atoms with Gasteiger partial charge in [-0.25, -0.2) is 0 Å². The first-order chi connectivity index (χ1) is 15.1. The van der Waals surface area contributed by atoms with E-state index in [1.165, 1.54) is 0 Å². The van der Waals surface area contributed by atoms with Crippen LogP contribution in [0.25, 0.3) is 11.0 Å². The summed E-state index contributed by atoms with van der Waals surface area (Å²) in [6.45, 7) is 7.89. The average Bonchev–Trinajstić information content (AvgIpc) is 3.15. The second-order valence-corrected chi connectivity index (χ2v) is 10.5. The minimum Gasteiger partial charge on any atom is -0.491 e. The summed E-state index contributed by atoms with van der Waals surface area (Å²) in [7, 11) is 0. The number of furan rings is 1. The van der Waals surface area contributed by atoms with Gasteiger partial charge in [-0.15, -0.1) is 0 Å². The van der Waals surface area contributed by atoms with Crippen molar-refractivity contribution in [1.29, 1.82) is 0 Å². The van der Waals surface area contributed by atoms with Crippen LogP contribution in [0.15, 0.2) is 40.8 Å². The van der Waals surface area contributed by atoms with E-state index in [1.54, 1.807) is 12.1 Å². The molecule has 7 heteroatoms. The van der Waals surface area contributed by atoms with Crippen molar-refractivity contribution in [3.8, 4) is 11.5 Å². The summed E-state index contributed by atoms with van der Waals surface area (Å²) in [5.74, 6) is 1.80. The molecule has 0 spiro atoms. The fraction of sp³-hybridized carbons (Fsp3) is 0.400. The van der Waals surface area contributed by atoms with Gasteiger partial charge in [0.15, 0.2) is 5.78 Å². The summed E-state index contributed by atoms with van der Waals surface area (Å²) in [6, 6.07) is 10.9. The molecule has 2 aromatic carbocycles. The van der Waals surface area contributed by atoms with E-state index in [1.807, 2.05) is 74.6 Å². The number of benzene rings is 2. The average molecular weight is 550 g/mol. The molecule has 0 bridgehead atoms. The summed E-state index contributed by atoms with van der Waals surface area (Å²) < 4.78 is 17.5. The number of aliphatic hydroxyl groups is 2. The highest BCUT2D eigenvalue weighted by atomic mass is 127. The number of carbonyl (C=O) groups is 1.